The summed E-state index contributed by atoms with van der Waals surface area (Å²) in [6.45, 7) is 0. The van der Waals surface area contributed by atoms with Crippen molar-refractivity contribution in [2.24, 2.45) is 0 Å². The van der Waals surface area contributed by atoms with Gasteiger partial charge in [-0.1, -0.05) is 60.7 Å². The summed E-state index contributed by atoms with van der Waals surface area (Å²) in [4.78, 5) is 0. The zero-order valence-corrected chi connectivity index (χ0v) is 12.9. The van der Waals surface area contributed by atoms with Crippen molar-refractivity contribution in [1.82, 2.24) is 0 Å². The molecule has 0 spiro atoms. The number of benzene rings is 2. The first-order valence-corrected chi connectivity index (χ1v) is 8.98. The van der Waals surface area contributed by atoms with Gasteiger partial charge in [-0.2, -0.15) is 0 Å². The normalized spacial score (nSPS) is 24.1. The van der Waals surface area contributed by atoms with Gasteiger partial charge in [0.15, 0.2) is 0 Å². The summed E-state index contributed by atoms with van der Waals surface area (Å²) in [5.41, 5.74) is 2.94. The highest BCUT2D eigenvalue weighted by atomic mass is 32.2. The lowest BCUT2D eigenvalue weighted by atomic mass is 10.0. The van der Waals surface area contributed by atoms with E-state index < -0.39 is 0 Å². The Kier molecular flexibility index (Phi) is 3.64. The van der Waals surface area contributed by atoms with Crippen molar-refractivity contribution in [3.63, 3.8) is 0 Å². The monoisotopic (exact) mass is 286 g/mol. The summed E-state index contributed by atoms with van der Waals surface area (Å²) < 4.78 is 0.308. The van der Waals surface area contributed by atoms with Crippen LogP contribution >= 0.6 is 23.5 Å². The van der Waals surface area contributed by atoms with Crippen LogP contribution < -0.4 is 0 Å². The second-order valence-electron chi connectivity index (χ2n) is 4.91. The molecule has 0 heterocycles. The second kappa shape index (κ2) is 5.26. The van der Waals surface area contributed by atoms with Crippen molar-refractivity contribution in [3.8, 4) is 0 Å². The van der Waals surface area contributed by atoms with Crippen LogP contribution in [0.5, 0.6) is 0 Å². The van der Waals surface area contributed by atoms with Crippen molar-refractivity contribution in [2.75, 3.05) is 12.5 Å². The average molecular weight is 286 g/mol. The van der Waals surface area contributed by atoms with Gasteiger partial charge in [-0.15, -0.1) is 23.5 Å². The first-order chi connectivity index (χ1) is 9.33. The average Bonchev–Trinajstić information content (AvgIpc) is 3.18. The molecule has 0 nitrogen and oxygen atoms in total. The van der Waals surface area contributed by atoms with Crippen molar-refractivity contribution < 1.29 is 0 Å². The molecule has 0 N–H and O–H groups in total. The highest BCUT2D eigenvalue weighted by Crippen LogP contribution is 2.74. The summed E-state index contributed by atoms with van der Waals surface area (Å²) in [7, 11) is 0. The van der Waals surface area contributed by atoms with Crippen molar-refractivity contribution >= 4 is 23.5 Å². The molecule has 2 atom stereocenters. The highest BCUT2D eigenvalue weighted by Gasteiger charge is 2.65. The molecule has 98 valence electrons. The highest BCUT2D eigenvalue weighted by molar-refractivity contribution is 8.18. The zero-order chi connectivity index (χ0) is 13.3. The lowest BCUT2D eigenvalue weighted by molar-refractivity contribution is 1.03. The molecule has 2 aromatic carbocycles. The molecule has 1 aliphatic rings. The van der Waals surface area contributed by atoms with Gasteiger partial charge in [0.1, 0.15) is 0 Å². The van der Waals surface area contributed by atoms with Crippen LogP contribution in [0.15, 0.2) is 60.7 Å². The zero-order valence-electron chi connectivity index (χ0n) is 11.2. The van der Waals surface area contributed by atoms with Crippen LogP contribution in [0.4, 0.5) is 0 Å². The van der Waals surface area contributed by atoms with Gasteiger partial charge in [-0.05, 0) is 23.6 Å². The molecule has 2 heteroatoms. The SMILES string of the molecule is CSC1(SC)[C@H](c2ccccc2)[C@@H]1c1ccccc1. The lowest BCUT2D eigenvalue weighted by Gasteiger charge is -2.12. The quantitative estimate of drug-likeness (QED) is 0.726. The minimum atomic E-state index is 0.308. The Morgan fingerprint density at radius 1 is 0.684 bits per heavy atom. The van der Waals surface area contributed by atoms with Crippen LogP contribution in [0, 0.1) is 0 Å². The number of rotatable bonds is 4. The molecule has 2 aromatic rings. The van der Waals surface area contributed by atoms with E-state index in [1.165, 1.54) is 11.1 Å². The second-order valence-corrected chi connectivity index (χ2v) is 7.33. The van der Waals surface area contributed by atoms with E-state index in [2.05, 4.69) is 73.2 Å². The largest absolute Gasteiger partial charge is 0.146 e. The summed E-state index contributed by atoms with van der Waals surface area (Å²) in [6, 6.07) is 21.9. The lowest BCUT2D eigenvalue weighted by Crippen LogP contribution is -2.00. The Hall–Kier alpha value is -0.860. The smallest absolute Gasteiger partial charge is 0.0755 e. The molecule has 1 saturated carbocycles. The van der Waals surface area contributed by atoms with E-state index >= 15 is 0 Å². The molecule has 0 unspecified atom stereocenters. The molecule has 0 aliphatic heterocycles. The standard InChI is InChI=1S/C17H18S2/c1-18-17(19-2)15(13-9-5-3-6-10-13)16(17)14-11-7-4-8-12-14/h3-12,15-16H,1-2H3/t15-,16+. The van der Waals surface area contributed by atoms with Crippen LogP contribution in [0.3, 0.4) is 0 Å². The van der Waals surface area contributed by atoms with Crippen LogP contribution in [0.25, 0.3) is 0 Å². The Morgan fingerprint density at radius 3 is 1.37 bits per heavy atom. The Morgan fingerprint density at radius 2 is 1.05 bits per heavy atom. The Bertz CT molecular complexity index is 484. The van der Waals surface area contributed by atoms with E-state index in [0.29, 0.717) is 15.9 Å². The molecule has 1 aliphatic carbocycles. The predicted octanol–water partition coefficient (Wildman–Crippen LogP) is 4.99. The molecule has 0 radical (unpaired) electrons. The number of hydrogen-bond donors (Lipinski definition) is 0. The van der Waals surface area contributed by atoms with E-state index in [1.807, 2.05) is 23.5 Å². The van der Waals surface area contributed by atoms with E-state index in [0.717, 1.165) is 0 Å². The van der Waals surface area contributed by atoms with Gasteiger partial charge in [-0.25, -0.2) is 0 Å². The van der Waals surface area contributed by atoms with Crippen LogP contribution in [-0.4, -0.2) is 16.6 Å². The molecule has 1 fully saturated rings. The predicted molar refractivity (Wildman–Crippen MR) is 88.1 cm³/mol. The Labute approximate surface area is 124 Å². The molecule has 0 bridgehead atoms. The van der Waals surface area contributed by atoms with Gasteiger partial charge in [0.05, 0.1) is 4.08 Å². The maximum Gasteiger partial charge on any atom is 0.0755 e. The summed E-state index contributed by atoms with van der Waals surface area (Å²) in [6.07, 6.45) is 4.49. The van der Waals surface area contributed by atoms with Gasteiger partial charge < -0.3 is 0 Å². The topological polar surface area (TPSA) is 0 Å². The number of hydrogen-bond acceptors (Lipinski definition) is 2. The maximum atomic E-state index is 2.27. The van der Waals surface area contributed by atoms with Gasteiger partial charge in [0.25, 0.3) is 0 Å². The van der Waals surface area contributed by atoms with Gasteiger partial charge in [-0.3, -0.25) is 0 Å². The fourth-order valence-electron chi connectivity index (χ4n) is 3.10. The molecule has 0 aromatic heterocycles. The molecule has 0 saturated heterocycles. The van der Waals surface area contributed by atoms with Gasteiger partial charge >= 0.3 is 0 Å². The first kappa shape index (κ1) is 13.1. The summed E-state index contributed by atoms with van der Waals surface area (Å²) in [5.74, 6) is 1.25. The van der Waals surface area contributed by atoms with E-state index in [4.69, 9.17) is 0 Å². The molecule has 19 heavy (non-hydrogen) atoms. The fraction of sp³-hybridized carbons (Fsp3) is 0.294. The van der Waals surface area contributed by atoms with E-state index in [-0.39, 0.29) is 0 Å². The third-order valence-electron chi connectivity index (χ3n) is 4.05. The van der Waals surface area contributed by atoms with E-state index in [1.54, 1.807) is 0 Å². The number of thioether (sulfide) groups is 2. The van der Waals surface area contributed by atoms with Crippen LogP contribution in [-0.2, 0) is 0 Å². The van der Waals surface area contributed by atoms with Crippen LogP contribution in [0.1, 0.15) is 23.0 Å². The van der Waals surface area contributed by atoms with E-state index in [9.17, 15) is 0 Å². The molecule has 0 amide bonds. The minimum Gasteiger partial charge on any atom is -0.146 e. The molecular weight excluding hydrogens is 268 g/mol. The fourth-order valence-corrected chi connectivity index (χ4v) is 5.74. The van der Waals surface area contributed by atoms with Crippen molar-refractivity contribution in [2.45, 2.75) is 15.9 Å². The summed E-state index contributed by atoms with van der Waals surface area (Å²) in [5, 5.41) is 0. The van der Waals surface area contributed by atoms with Crippen LogP contribution in [0.2, 0.25) is 0 Å². The van der Waals surface area contributed by atoms with Crippen molar-refractivity contribution in [1.29, 1.82) is 0 Å². The maximum absolute atomic E-state index is 2.27. The first-order valence-electron chi connectivity index (χ1n) is 6.53. The Balaban J connectivity index is 2.00. The third kappa shape index (κ3) is 2.11. The summed E-state index contributed by atoms with van der Waals surface area (Å²) >= 11 is 4.01. The molecule has 3 rings (SSSR count). The van der Waals surface area contributed by atoms with Gasteiger partial charge in [0, 0.05) is 11.8 Å². The third-order valence-corrected chi connectivity index (χ3v) is 7.34. The van der Waals surface area contributed by atoms with Gasteiger partial charge in [0.2, 0.25) is 0 Å². The molecular formula is C17H18S2. The van der Waals surface area contributed by atoms with Crippen molar-refractivity contribution in [3.05, 3.63) is 71.8 Å². The minimum absolute atomic E-state index is 0.308.